The van der Waals surface area contributed by atoms with Crippen LogP contribution in [0.2, 0.25) is 15.1 Å². The number of nitrogens with zero attached hydrogens (tertiary/aromatic N) is 1. The third kappa shape index (κ3) is 5.34. The van der Waals surface area contributed by atoms with Gasteiger partial charge in [-0.15, -0.1) is 6.58 Å². The molecule has 0 atom stereocenters. The second kappa shape index (κ2) is 10.1. The topological polar surface area (TPSA) is 67.9 Å². The van der Waals surface area contributed by atoms with E-state index < -0.39 is 11.9 Å². The van der Waals surface area contributed by atoms with E-state index in [0.717, 1.165) is 10.5 Å². The number of carbonyl (C=O) groups excluding carboxylic acids is 2. The molecule has 0 bridgehead atoms. The Labute approximate surface area is 195 Å². The fourth-order valence-electron chi connectivity index (χ4n) is 2.89. The number of urea groups is 1. The van der Waals surface area contributed by atoms with Crippen LogP contribution in [0.3, 0.4) is 0 Å². The van der Waals surface area contributed by atoms with Gasteiger partial charge < -0.3 is 14.8 Å². The number of nitrogens with one attached hydrogen (secondary N) is 1. The molecule has 3 rings (SSSR count). The quantitative estimate of drug-likeness (QED) is 0.298. The van der Waals surface area contributed by atoms with Gasteiger partial charge in [0.1, 0.15) is 12.3 Å². The molecule has 2 aromatic carbocycles. The lowest BCUT2D eigenvalue weighted by molar-refractivity contribution is -0.122. The zero-order valence-corrected chi connectivity index (χ0v) is 18.9. The highest BCUT2D eigenvalue weighted by Gasteiger charge is 2.32. The number of ether oxygens (including phenoxy) is 2. The van der Waals surface area contributed by atoms with E-state index in [9.17, 15) is 9.59 Å². The Bertz CT molecular complexity index is 1070. The average molecular weight is 482 g/mol. The van der Waals surface area contributed by atoms with E-state index >= 15 is 0 Å². The number of imide groups is 1. The van der Waals surface area contributed by atoms with Crippen LogP contribution < -0.4 is 14.8 Å². The van der Waals surface area contributed by atoms with Crippen LogP contribution in [0.5, 0.6) is 11.5 Å². The van der Waals surface area contributed by atoms with Crippen molar-refractivity contribution in [2.24, 2.45) is 0 Å². The van der Waals surface area contributed by atoms with Gasteiger partial charge in [0.15, 0.2) is 11.5 Å². The van der Waals surface area contributed by atoms with Crippen molar-refractivity contribution in [1.29, 1.82) is 0 Å². The van der Waals surface area contributed by atoms with Crippen LogP contribution in [-0.2, 0) is 11.4 Å². The molecule has 1 heterocycles. The van der Waals surface area contributed by atoms with Crippen molar-refractivity contribution in [3.05, 3.63) is 74.9 Å². The normalized spacial score (nSPS) is 14.7. The van der Waals surface area contributed by atoms with Crippen molar-refractivity contribution >= 4 is 52.8 Å². The Morgan fingerprint density at radius 1 is 1.06 bits per heavy atom. The molecule has 1 aliphatic rings. The van der Waals surface area contributed by atoms with E-state index in [1.54, 1.807) is 30.3 Å². The van der Waals surface area contributed by atoms with E-state index in [4.69, 9.17) is 44.3 Å². The summed E-state index contributed by atoms with van der Waals surface area (Å²) in [4.78, 5) is 25.4. The molecule has 31 heavy (non-hydrogen) atoms. The summed E-state index contributed by atoms with van der Waals surface area (Å²) >= 11 is 18.4. The summed E-state index contributed by atoms with van der Waals surface area (Å²) in [7, 11) is 0. The molecule has 9 heteroatoms. The van der Waals surface area contributed by atoms with Crippen molar-refractivity contribution in [3.8, 4) is 11.5 Å². The summed E-state index contributed by atoms with van der Waals surface area (Å²) in [5.41, 5.74) is 1.51. The van der Waals surface area contributed by atoms with Crippen LogP contribution in [0.25, 0.3) is 6.08 Å². The Balaban J connectivity index is 1.86. The molecule has 1 N–H and O–H groups in total. The minimum absolute atomic E-state index is 0.119. The lowest BCUT2D eigenvalue weighted by atomic mass is 10.1. The first-order valence-corrected chi connectivity index (χ1v) is 10.5. The van der Waals surface area contributed by atoms with Crippen LogP contribution in [-0.4, -0.2) is 30.0 Å². The number of hydrogen-bond acceptors (Lipinski definition) is 4. The zero-order valence-electron chi connectivity index (χ0n) is 16.6. The fourth-order valence-corrected chi connectivity index (χ4v) is 3.49. The van der Waals surface area contributed by atoms with Gasteiger partial charge in [0.25, 0.3) is 5.91 Å². The van der Waals surface area contributed by atoms with Crippen molar-refractivity contribution in [2.75, 3.05) is 13.2 Å². The first kappa shape index (κ1) is 23.0. The lowest BCUT2D eigenvalue weighted by Crippen LogP contribution is -2.30. The Morgan fingerprint density at radius 2 is 1.84 bits per heavy atom. The van der Waals surface area contributed by atoms with Gasteiger partial charge in [0.2, 0.25) is 0 Å². The van der Waals surface area contributed by atoms with Crippen LogP contribution in [0.4, 0.5) is 4.79 Å². The summed E-state index contributed by atoms with van der Waals surface area (Å²) in [6.45, 7) is 6.07. The standard InChI is InChI=1S/C22H19Cl3N2O4/c1-3-7-27-21(28)18(26-22(27)29)10-14-9-17(25)20(19(11-14)30-4-2)31-12-13-5-6-15(23)16(24)8-13/h3,5-6,8-11H,1,4,7,12H2,2H3,(H,26,29)/b18-10+. The van der Waals surface area contributed by atoms with E-state index in [-0.39, 0.29) is 23.9 Å². The third-order valence-corrected chi connectivity index (χ3v) is 5.30. The smallest absolute Gasteiger partial charge is 0.329 e. The number of benzene rings is 2. The largest absolute Gasteiger partial charge is 0.490 e. The molecule has 3 amide bonds. The predicted molar refractivity (Wildman–Crippen MR) is 122 cm³/mol. The zero-order chi connectivity index (χ0) is 22.5. The Kier molecular flexibility index (Phi) is 7.49. The van der Waals surface area contributed by atoms with Crippen LogP contribution >= 0.6 is 34.8 Å². The molecule has 0 unspecified atom stereocenters. The fraction of sp³-hybridized carbons (Fsp3) is 0.182. The monoisotopic (exact) mass is 480 g/mol. The molecule has 1 saturated heterocycles. The van der Waals surface area contributed by atoms with Gasteiger partial charge >= 0.3 is 6.03 Å². The second-order valence-electron chi connectivity index (χ2n) is 6.49. The second-order valence-corrected chi connectivity index (χ2v) is 7.71. The molecule has 0 aromatic heterocycles. The van der Waals surface area contributed by atoms with Crippen LogP contribution in [0.15, 0.2) is 48.7 Å². The van der Waals surface area contributed by atoms with Gasteiger partial charge in [-0.25, -0.2) is 4.79 Å². The average Bonchev–Trinajstić information content (AvgIpc) is 2.98. The van der Waals surface area contributed by atoms with Gasteiger partial charge in [-0.05, 0) is 48.4 Å². The van der Waals surface area contributed by atoms with Crippen LogP contribution in [0, 0.1) is 0 Å². The maximum absolute atomic E-state index is 12.4. The molecule has 6 nitrogen and oxygen atoms in total. The molecule has 0 radical (unpaired) electrons. The number of halogens is 3. The number of rotatable bonds is 8. The van der Waals surface area contributed by atoms with Crippen molar-refractivity contribution < 1.29 is 19.1 Å². The summed E-state index contributed by atoms with van der Waals surface area (Å²) in [5, 5.41) is 3.71. The highest BCUT2D eigenvalue weighted by atomic mass is 35.5. The molecule has 2 aromatic rings. The Hall–Kier alpha value is -2.67. The molecule has 1 fully saturated rings. The number of hydrogen-bond donors (Lipinski definition) is 1. The summed E-state index contributed by atoms with van der Waals surface area (Å²) in [6.07, 6.45) is 3.00. The van der Waals surface area contributed by atoms with Crippen LogP contribution in [0.1, 0.15) is 18.1 Å². The summed E-state index contributed by atoms with van der Waals surface area (Å²) in [5.74, 6) is 0.312. The Morgan fingerprint density at radius 3 is 2.52 bits per heavy atom. The van der Waals surface area contributed by atoms with E-state index in [0.29, 0.717) is 33.7 Å². The molecular formula is C22H19Cl3N2O4. The predicted octanol–water partition coefficient (Wildman–Crippen LogP) is 5.70. The van der Waals surface area contributed by atoms with Crippen molar-refractivity contribution in [1.82, 2.24) is 10.2 Å². The summed E-state index contributed by atoms with van der Waals surface area (Å²) < 4.78 is 11.6. The number of carbonyl (C=O) groups is 2. The molecule has 162 valence electrons. The molecular weight excluding hydrogens is 463 g/mol. The first-order chi connectivity index (χ1) is 14.8. The third-order valence-electron chi connectivity index (χ3n) is 4.28. The van der Waals surface area contributed by atoms with Gasteiger partial charge in [-0.1, -0.05) is 46.9 Å². The molecule has 0 aliphatic carbocycles. The lowest BCUT2D eigenvalue weighted by Gasteiger charge is -2.15. The maximum atomic E-state index is 12.4. The first-order valence-electron chi connectivity index (χ1n) is 9.32. The van der Waals surface area contributed by atoms with Crippen molar-refractivity contribution in [3.63, 3.8) is 0 Å². The minimum atomic E-state index is -0.506. The maximum Gasteiger partial charge on any atom is 0.329 e. The SMILES string of the molecule is C=CCN1C(=O)N/C(=C/c2cc(Cl)c(OCc3ccc(Cl)c(Cl)c3)c(OCC)c2)C1=O. The van der Waals surface area contributed by atoms with Gasteiger partial charge in [-0.2, -0.15) is 0 Å². The van der Waals surface area contributed by atoms with Gasteiger partial charge in [0, 0.05) is 6.54 Å². The number of amides is 3. The molecule has 0 saturated carbocycles. The highest BCUT2D eigenvalue weighted by Crippen LogP contribution is 2.38. The van der Waals surface area contributed by atoms with E-state index in [1.807, 2.05) is 6.92 Å². The molecule has 0 spiro atoms. The summed E-state index contributed by atoms with van der Waals surface area (Å²) in [6, 6.07) is 7.99. The van der Waals surface area contributed by atoms with E-state index in [2.05, 4.69) is 11.9 Å². The van der Waals surface area contributed by atoms with Crippen molar-refractivity contribution in [2.45, 2.75) is 13.5 Å². The minimum Gasteiger partial charge on any atom is -0.490 e. The molecule has 1 aliphatic heterocycles. The van der Waals surface area contributed by atoms with Gasteiger partial charge in [-0.3, -0.25) is 9.69 Å². The van der Waals surface area contributed by atoms with E-state index in [1.165, 1.54) is 12.2 Å². The van der Waals surface area contributed by atoms with Gasteiger partial charge in [0.05, 0.1) is 21.7 Å². The highest BCUT2D eigenvalue weighted by molar-refractivity contribution is 6.42.